The Bertz CT molecular complexity index is 472. The van der Waals surface area contributed by atoms with Gasteiger partial charge >= 0.3 is 5.69 Å². The Kier molecular flexibility index (Phi) is 3.87. The molecule has 104 valence electrons. The van der Waals surface area contributed by atoms with E-state index >= 15 is 0 Å². The number of nitrogens with zero attached hydrogens (tertiary/aromatic N) is 1. The van der Waals surface area contributed by atoms with Gasteiger partial charge in [0.2, 0.25) is 0 Å². The minimum Gasteiger partial charge on any atom is -0.393 e. The molecule has 0 saturated carbocycles. The summed E-state index contributed by atoms with van der Waals surface area (Å²) in [6.45, 7) is 1.23. The van der Waals surface area contributed by atoms with Crippen molar-refractivity contribution < 1.29 is 14.8 Å². The SMILES string of the molecule is Nc1cccc(NCC2(O)CCOCC2)c1[N+](=O)[O-]. The first-order chi connectivity index (χ1) is 9.02. The van der Waals surface area contributed by atoms with Gasteiger partial charge in [0.25, 0.3) is 0 Å². The van der Waals surface area contributed by atoms with E-state index in [4.69, 9.17) is 10.5 Å². The summed E-state index contributed by atoms with van der Waals surface area (Å²) in [5.74, 6) is 0. The third kappa shape index (κ3) is 3.12. The van der Waals surface area contributed by atoms with Gasteiger partial charge in [0.05, 0.1) is 10.5 Å². The zero-order valence-electron chi connectivity index (χ0n) is 10.5. The number of nitrogens with one attached hydrogen (secondary N) is 1. The second-order valence-corrected chi connectivity index (χ2v) is 4.69. The van der Waals surface area contributed by atoms with E-state index in [9.17, 15) is 15.2 Å². The van der Waals surface area contributed by atoms with E-state index in [1.165, 1.54) is 6.07 Å². The van der Waals surface area contributed by atoms with Crippen molar-refractivity contribution in [2.24, 2.45) is 0 Å². The molecule has 0 bridgehead atoms. The largest absolute Gasteiger partial charge is 0.393 e. The Balaban J connectivity index is 2.11. The number of ether oxygens (including phenoxy) is 1. The minimum absolute atomic E-state index is 0.106. The number of anilines is 2. The molecular formula is C12H17N3O4. The van der Waals surface area contributed by atoms with Gasteiger partial charge in [0.1, 0.15) is 11.4 Å². The Morgan fingerprint density at radius 2 is 2.16 bits per heavy atom. The number of hydrogen-bond acceptors (Lipinski definition) is 6. The highest BCUT2D eigenvalue weighted by Crippen LogP contribution is 2.31. The molecule has 0 unspecified atom stereocenters. The molecule has 1 aliphatic heterocycles. The summed E-state index contributed by atoms with van der Waals surface area (Å²) in [6.07, 6.45) is 1.02. The Morgan fingerprint density at radius 3 is 2.79 bits per heavy atom. The Labute approximate surface area is 110 Å². The number of nitro groups is 1. The summed E-state index contributed by atoms with van der Waals surface area (Å²) in [7, 11) is 0. The van der Waals surface area contributed by atoms with Crippen molar-refractivity contribution in [3.8, 4) is 0 Å². The molecule has 1 saturated heterocycles. The van der Waals surface area contributed by atoms with Crippen LogP contribution in [0.25, 0.3) is 0 Å². The van der Waals surface area contributed by atoms with Crippen LogP contribution in [0.2, 0.25) is 0 Å². The van der Waals surface area contributed by atoms with Crippen molar-refractivity contribution in [1.29, 1.82) is 0 Å². The predicted molar refractivity (Wildman–Crippen MR) is 71.0 cm³/mol. The van der Waals surface area contributed by atoms with E-state index in [0.29, 0.717) is 31.7 Å². The fourth-order valence-corrected chi connectivity index (χ4v) is 2.10. The van der Waals surface area contributed by atoms with Crippen LogP contribution in [0.5, 0.6) is 0 Å². The van der Waals surface area contributed by atoms with Crippen LogP contribution in [0.1, 0.15) is 12.8 Å². The van der Waals surface area contributed by atoms with Gasteiger partial charge in [-0.25, -0.2) is 0 Å². The van der Waals surface area contributed by atoms with Crippen molar-refractivity contribution >= 4 is 17.1 Å². The number of nitrogen functional groups attached to an aromatic ring is 1. The number of para-hydroxylation sites is 1. The molecule has 1 fully saturated rings. The third-order valence-corrected chi connectivity index (χ3v) is 3.28. The van der Waals surface area contributed by atoms with Gasteiger partial charge in [-0.15, -0.1) is 0 Å². The normalized spacial score (nSPS) is 17.9. The van der Waals surface area contributed by atoms with E-state index in [1.807, 2.05) is 0 Å². The van der Waals surface area contributed by atoms with Crippen LogP contribution in [0, 0.1) is 10.1 Å². The summed E-state index contributed by atoms with van der Waals surface area (Å²) < 4.78 is 5.18. The average molecular weight is 267 g/mol. The van der Waals surface area contributed by atoms with Crippen LogP contribution in [0.15, 0.2) is 18.2 Å². The molecule has 7 heteroatoms. The molecule has 1 aromatic rings. The summed E-state index contributed by atoms with van der Waals surface area (Å²) >= 11 is 0. The van der Waals surface area contributed by atoms with E-state index in [0.717, 1.165) is 0 Å². The second kappa shape index (κ2) is 5.41. The van der Waals surface area contributed by atoms with Crippen molar-refractivity contribution in [1.82, 2.24) is 0 Å². The topological polar surface area (TPSA) is 111 Å². The van der Waals surface area contributed by atoms with Crippen LogP contribution in [0.4, 0.5) is 17.1 Å². The maximum Gasteiger partial charge on any atom is 0.314 e. The van der Waals surface area contributed by atoms with E-state index < -0.39 is 10.5 Å². The molecule has 2 rings (SSSR count). The molecular weight excluding hydrogens is 250 g/mol. The Hall–Kier alpha value is -1.86. The number of aliphatic hydroxyl groups is 1. The molecule has 0 amide bonds. The van der Waals surface area contributed by atoms with Crippen molar-refractivity contribution in [3.63, 3.8) is 0 Å². The van der Waals surface area contributed by atoms with Gasteiger partial charge in [-0.3, -0.25) is 10.1 Å². The fourth-order valence-electron chi connectivity index (χ4n) is 2.10. The molecule has 1 aliphatic rings. The van der Waals surface area contributed by atoms with Crippen molar-refractivity contribution in [2.75, 3.05) is 30.8 Å². The van der Waals surface area contributed by atoms with Gasteiger partial charge < -0.3 is 20.9 Å². The standard InChI is InChI=1S/C12H17N3O4/c13-9-2-1-3-10(11(9)15(17)18)14-8-12(16)4-6-19-7-5-12/h1-3,14,16H,4-8,13H2. The summed E-state index contributed by atoms with van der Waals surface area (Å²) in [4.78, 5) is 10.5. The van der Waals surface area contributed by atoms with Gasteiger partial charge in [0, 0.05) is 32.6 Å². The molecule has 7 nitrogen and oxygen atoms in total. The number of benzene rings is 1. The number of hydrogen-bond donors (Lipinski definition) is 3. The molecule has 4 N–H and O–H groups in total. The van der Waals surface area contributed by atoms with E-state index in [-0.39, 0.29) is 17.9 Å². The van der Waals surface area contributed by atoms with Crippen LogP contribution < -0.4 is 11.1 Å². The van der Waals surface area contributed by atoms with Gasteiger partial charge in [-0.05, 0) is 12.1 Å². The third-order valence-electron chi connectivity index (χ3n) is 3.28. The van der Waals surface area contributed by atoms with E-state index in [1.54, 1.807) is 12.1 Å². The lowest BCUT2D eigenvalue weighted by atomic mass is 9.94. The highest BCUT2D eigenvalue weighted by Gasteiger charge is 2.30. The summed E-state index contributed by atoms with van der Waals surface area (Å²) in [5, 5.41) is 24.2. The Morgan fingerprint density at radius 1 is 1.47 bits per heavy atom. The average Bonchev–Trinajstić information content (AvgIpc) is 2.37. The first-order valence-electron chi connectivity index (χ1n) is 6.09. The lowest BCUT2D eigenvalue weighted by molar-refractivity contribution is -0.383. The first-order valence-corrected chi connectivity index (χ1v) is 6.09. The van der Waals surface area contributed by atoms with Gasteiger partial charge in [-0.2, -0.15) is 0 Å². The van der Waals surface area contributed by atoms with Crippen LogP contribution in [-0.4, -0.2) is 35.4 Å². The van der Waals surface area contributed by atoms with Crippen LogP contribution in [0.3, 0.4) is 0 Å². The minimum atomic E-state index is -0.892. The number of nitro benzene ring substituents is 1. The lowest BCUT2D eigenvalue weighted by Crippen LogP contribution is -2.42. The monoisotopic (exact) mass is 267 g/mol. The molecule has 0 atom stereocenters. The predicted octanol–water partition coefficient (Wildman–Crippen LogP) is 1.13. The summed E-state index contributed by atoms with van der Waals surface area (Å²) in [5.41, 5.74) is 4.98. The van der Waals surface area contributed by atoms with Gasteiger partial charge in [-0.1, -0.05) is 6.07 Å². The molecule has 0 aromatic heterocycles. The highest BCUT2D eigenvalue weighted by molar-refractivity contribution is 5.74. The molecule has 0 spiro atoms. The molecule has 19 heavy (non-hydrogen) atoms. The second-order valence-electron chi connectivity index (χ2n) is 4.69. The molecule has 0 aliphatic carbocycles. The van der Waals surface area contributed by atoms with Crippen LogP contribution in [-0.2, 0) is 4.74 Å². The van der Waals surface area contributed by atoms with Crippen molar-refractivity contribution in [3.05, 3.63) is 28.3 Å². The number of nitrogens with two attached hydrogens (primary N) is 1. The zero-order valence-corrected chi connectivity index (χ0v) is 10.5. The maximum absolute atomic E-state index is 11.0. The maximum atomic E-state index is 11.0. The van der Waals surface area contributed by atoms with E-state index in [2.05, 4.69) is 5.32 Å². The lowest BCUT2D eigenvalue weighted by Gasteiger charge is -2.32. The quantitative estimate of drug-likeness (QED) is 0.428. The van der Waals surface area contributed by atoms with Crippen LogP contribution >= 0.6 is 0 Å². The van der Waals surface area contributed by atoms with Gasteiger partial charge in [0.15, 0.2) is 0 Å². The molecule has 1 heterocycles. The van der Waals surface area contributed by atoms with Crippen molar-refractivity contribution in [2.45, 2.75) is 18.4 Å². The molecule has 0 radical (unpaired) electrons. The fraction of sp³-hybridized carbons (Fsp3) is 0.500. The zero-order chi connectivity index (χ0) is 13.9. The smallest absolute Gasteiger partial charge is 0.314 e. The first kappa shape index (κ1) is 13.6. The molecule has 1 aromatic carbocycles. The number of rotatable bonds is 4. The highest BCUT2D eigenvalue weighted by atomic mass is 16.6. The summed E-state index contributed by atoms with van der Waals surface area (Å²) in [6, 6.07) is 4.70.